The third kappa shape index (κ3) is 2.98. The monoisotopic (exact) mass is 406 g/mol. The minimum absolute atomic E-state index is 0.303. The van der Waals surface area contributed by atoms with Crippen molar-refractivity contribution in [2.75, 3.05) is 24.5 Å². The van der Waals surface area contributed by atoms with Crippen molar-refractivity contribution >= 4 is 17.6 Å². The van der Waals surface area contributed by atoms with Gasteiger partial charge >= 0.3 is 11.9 Å². The molecule has 0 radical (unpaired) electrons. The number of hydrogen-bond acceptors (Lipinski definition) is 6. The van der Waals surface area contributed by atoms with Crippen molar-refractivity contribution in [2.24, 2.45) is 5.41 Å². The molecule has 0 amide bonds. The Bertz CT molecular complexity index is 968. The van der Waals surface area contributed by atoms with Crippen molar-refractivity contribution in [1.82, 2.24) is 4.90 Å². The molecule has 0 N–H and O–H groups in total. The molecule has 0 aliphatic carbocycles. The lowest BCUT2D eigenvalue weighted by Crippen LogP contribution is -2.70. The molecular weight excluding hydrogens is 380 g/mol. The molecular formula is C24H26N2O4. The predicted octanol–water partition coefficient (Wildman–Crippen LogP) is 2.76. The highest BCUT2D eigenvalue weighted by Gasteiger charge is 2.64. The minimum atomic E-state index is -1.35. The number of ether oxygens (including phenoxy) is 2. The van der Waals surface area contributed by atoms with Gasteiger partial charge in [0.25, 0.3) is 5.79 Å². The van der Waals surface area contributed by atoms with Crippen molar-refractivity contribution in [2.45, 2.75) is 38.6 Å². The van der Waals surface area contributed by atoms with Gasteiger partial charge in [-0.05, 0) is 17.2 Å². The van der Waals surface area contributed by atoms with E-state index in [1.807, 2.05) is 36.4 Å². The zero-order valence-electron chi connectivity index (χ0n) is 17.3. The highest BCUT2D eigenvalue weighted by molar-refractivity contribution is 6.04. The minimum Gasteiger partial charge on any atom is -0.422 e. The number of carbonyl (C=O) groups is 2. The largest absolute Gasteiger partial charge is 0.422 e. The normalized spacial score (nSPS) is 24.6. The molecule has 2 fully saturated rings. The lowest BCUT2D eigenvalue weighted by atomic mass is 9.69. The molecule has 0 bridgehead atoms. The number of rotatable bonds is 2. The first-order chi connectivity index (χ1) is 14.4. The van der Waals surface area contributed by atoms with Crippen LogP contribution in [0.25, 0.3) is 0 Å². The molecule has 5 rings (SSSR count). The van der Waals surface area contributed by atoms with Gasteiger partial charge in [-0.25, -0.2) is 0 Å². The van der Waals surface area contributed by atoms with E-state index in [4.69, 9.17) is 9.47 Å². The summed E-state index contributed by atoms with van der Waals surface area (Å²) < 4.78 is 11.3. The topological polar surface area (TPSA) is 59.1 Å². The summed E-state index contributed by atoms with van der Waals surface area (Å²) in [5.41, 5.74) is 1.95. The molecule has 1 spiro atoms. The van der Waals surface area contributed by atoms with Crippen molar-refractivity contribution < 1.29 is 19.1 Å². The van der Waals surface area contributed by atoms with Gasteiger partial charge in [0.2, 0.25) is 0 Å². The van der Waals surface area contributed by atoms with E-state index in [0.717, 1.165) is 30.9 Å². The van der Waals surface area contributed by atoms with E-state index in [0.29, 0.717) is 13.0 Å². The fraction of sp³-hybridized carbons (Fsp3) is 0.417. The van der Waals surface area contributed by atoms with Crippen molar-refractivity contribution in [3.63, 3.8) is 0 Å². The molecule has 3 aliphatic rings. The Balaban J connectivity index is 1.53. The van der Waals surface area contributed by atoms with Crippen LogP contribution < -0.4 is 4.90 Å². The first-order valence-corrected chi connectivity index (χ1v) is 10.5. The molecule has 156 valence electrons. The van der Waals surface area contributed by atoms with Gasteiger partial charge in [0.05, 0.1) is 6.04 Å². The second-order valence-corrected chi connectivity index (χ2v) is 8.89. The molecule has 3 aliphatic heterocycles. The lowest BCUT2D eigenvalue weighted by Gasteiger charge is -2.54. The van der Waals surface area contributed by atoms with Gasteiger partial charge in [-0.3, -0.25) is 14.5 Å². The number of piperazine rings is 1. The van der Waals surface area contributed by atoms with Crippen LogP contribution in [0.1, 0.15) is 25.0 Å². The summed E-state index contributed by atoms with van der Waals surface area (Å²) >= 11 is 0. The number of nitrogens with zero attached hydrogens (tertiary/aromatic N) is 2. The SMILES string of the molecule is CC1(C)OC(=O)C2(Cc3ccccc3N3CCN(Cc4ccccc4)C[C@H]32)C(=O)O1. The molecule has 1 atom stereocenters. The molecule has 2 aromatic carbocycles. The van der Waals surface area contributed by atoms with Gasteiger partial charge in [-0.1, -0.05) is 48.5 Å². The number of anilines is 1. The van der Waals surface area contributed by atoms with Crippen LogP contribution in [0.15, 0.2) is 54.6 Å². The van der Waals surface area contributed by atoms with E-state index in [1.54, 1.807) is 13.8 Å². The van der Waals surface area contributed by atoms with E-state index in [2.05, 4.69) is 28.0 Å². The van der Waals surface area contributed by atoms with Gasteiger partial charge in [-0.15, -0.1) is 0 Å². The van der Waals surface area contributed by atoms with Crippen LogP contribution in [-0.2, 0) is 32.0 Å². The number of benzene rings is 2. The van der Waals surface area contributed by atoms with Gasteiger partial charge in [0.1, 0.15) is 0 Å². The molecule has 0 aromatic heterocycles. The van der Waals surface area contributed by atoms with Gasteiger partial charge < -0.3 is 14.4 Å². The maximum atomic E-state index is 13.4. The summed E-state index contributed by atoms with van der Waals surface area (Å²) in [6.07, 6.45) is 0.303. The molecule has 3 heterocycles. The Morgan fingerprint density at radius 2 is 1.60 bits per heavy atom. The molecule has 0 saturated carbocycles. The second kappa shape index (κ2) is 6.84. The zero-order chi connectivity index (χ0) is 20.9. The third-order valence-electron chi connectivity index (χ3n) is 6.46. The smallest absolute Gasteiger partial charge is 0.329 e. The Morgan fingerprint density at radius 3 is 2.33 bits per heavy atom. The van der Waals surface area contributed by atoms with Crippen LogP contribution in [0.4, 0.5) is 5.69 Å². The maximum Gasteiger partial charge on any atom is 0.329 e. The van der Waals surface area contributed by atoms with Crippen LogP contribution in [-0.4, -0.2) is 48.3 Å². The van der Waals surface area contributed by atoms with Crippen molar-refractivity contribution in [1.29, 1.82) is 0 Å². The Morgan fingerprint density at radius 1 is 0.933 bits per heavy atom. The van der Waals surface area contributed by atoms with E-state index >= 15 is 0 Å². The quantitative estimate of drug-likeness (QED) is 0.565. The summed E-state index contributed by atoms with van der Waals surface area (Å²) in [7, 11) is 0. The van der Waals surface area contributed by atoms with Gasteiger partial charge in [0, 0.05) is 52.1 Å². The van der Waals surface area contributed by atoms with Crippen molar-refractivity contribution in [3.05, 3.63) is 65.7 Å². The number of fused-ring (bicyclic) bond motifs is 4. The highest BCUT2D eigenvalue weighted by Crippen LogP contribution is 2.47. The van der Waals surface area contributed by atoms with E-state index < -0.39 is 23.1 Å². The summed E-state index contributed by atoms with van der Waals surface area (Å²) in [4.78, 5) is 31.2. The third-order valence-corrected chi connectivity index (χ3v) is 6.46. The molecule has 30 heavy (non-hydrogen) atoms. The number of para-hydroxylation sites is 1. The predicted molar refractivity (Wildman–Crippen MR) is 112 cm³/mol. The Hall–Kier alpha value is -2.86. The number of carbonyl (C=O) groups excluding carboxylic acids is 2. The fourth-order valence-corrected chi connectivity index (χ4v) is 5.04. The molecule has 0 unspecified atom stereocenters. The summed E-state index contributed by atoms with van der Waals surface area (Å²) in [6, 6.07) is 17.9. The number of cyclic esters (lactones) is 2. The van der Waals surface area contributed by atoms with Crippen LogP contribution in [0.5, 0.6) is 0 Å². The van der Waals surface area contributed by atoms with Crippen LogP contribution >= 0.6 is 0 Å². The van der Waals surface area contributed by atoms with Crippen LogP contribution in [0.2, 0.25) is 0 Å². The van der Waals surface area contributed by atoms with E-state index in [9.17, 15) is 9.59 Å². The summed E-state index contributed by atoms with van der Waals surface area (Å²) in [5.74, 6) is -2.19. The van der Waals surface area contributed by atoms with E-state index in [1.165, 1.54) is 5.56 Å². The number of esters is 2. The average molecular weight is 406 g/mol. The van der Waals surface area contributed by atoms with Crippen LogP contribution in [0.3, 0.4) is 0 Å². The fourth-order valence-electron chi connectivity index (χ4n) is 5.04. The first-order valence-electron chi connectivity index (χ1n) is 10.5. The highest BCUT2D eigenvalue weighted by atomic mass is 16.7. The van der Waals surface area contributed by atoms with Gasteiger partial charge in [0.15, 0.2) is 5.41 Å². The standard InChI is InChI=1S/C24H26N2O4/c1-23(2)29-21(27)24(22(28)30-23)14-18-10-6-7-11-19(18)26-13-12-25(16-20(24)26)15-17-8-4-3-5-9-17/h3-11,20H,12-16H2,1-2H3/t20-/m0/s1. The lowest BCUT2D eigenvalue weighted by molar-refractivity contribution is -0.253. The number of hydrogen-bond donors (Lipinski definition) is 0. The molecule has 2 aromatic rings. The summed E-state index contributed by atoms with van der Waals surface area (Å²) in [5, 5.41) is 0. The molecule has 6 nitrogen and oxygen atoms in total. The average Bonchev–Trinajstić information content (AvgIpc) is 2.72. The molecule has 6 heteroatoms. The van der Waals surface area contributed by atoms with Gasteiger partial charge in [-0.2, -0.15) is 0 Å². The second-order valence-electron chi connectivity index (χ2n) is 8.89. The Labute approximate surface area is 176 Å². The van der Waals surface area contributed by atoms with E-state index in [-0.39, 0.29) is 6.04 Å². The van der Waals surface area contributed by atoms with Crippen molar-refractivity contribution in [3.8, 4) is 0 Å². The first kappa shape index (κ1) is 19.1. The molecule has 2 saturated heterocycles. The Kier molecular flexibility index (Phi) is 4.36. The van der Waals surface area contributed by atoms with Crippen LogP contribution in [0, 0.1) is 5.41 Å². The maximum absolute atomic E-state index is 13.4. The zero-order valence-corrected chi connectivity index (χ0v) is 17.3. The summed E-state index contributed by atoms with van der Waals surface area (Å²) in [6.45, 7) is 6.16.